The predicted octanol–water partition coefficient (Wildman–Crippen LogP) is 2.85. The molecule has 1 saturated heterocycles. The predicted molar refractivity (Wildman–Crippen MR) is 112 cm³/mol. The number of morpholine rings is 1. The number of hydrogen-bond donors (Lipinski definition) is 2. The van der Waals surface area contributed by atoms with E-state index in [1.54, 1.807) is 0 Å². The Morgan fingerprint density at radius 3 is 2.33 bits per heavy atom. The molecule has 0 aromatic carbocycles. The van der Waals surface area contributed by atoms with Crippen molar-refractivity contribution in [2.24, 2.45) is 10.4 Å². The van der Waals surface area contributed by atoms with E-state index >= 15 is 0 Å². The van der Waals surface area contributed by atoms with Crippen LogP contribution in [0, 0.1) is 5.41 Å². The largest absolute Gasteiger partial charge is 0.379 e. The number of nitrogens with one attached hydrogen (secondary N) is 2. The molecule has 1 saturated carbocycles. The van der Waals surface area contributed by atoms with Gasteiger partial charge in [0, 0.05) is 31.7 Å². The maximum absolute atomic E-state index is 5.46. The molecular weight excluding hydrogens is 415 g/mol. The Labute approximate surface area is 165 Å². The minimum absolute atomic E-state index is 0. The van der Waals surface area contributed by atoms with Gasteiger partial charge in [0.1, 0.15) is 0 Å². The summed E-state index contributed by atoms with van der Waals surface area (Å²) in [6.07, 6.45) is 5.36. The molecule has 2 aliphatic rings. The molecule has 0 aromatic heterocycles. The van der Waals surface area contributed by atoms with E-state index in [4.69, 9.17) is 9.73 Å². The van der Waals surface area contributed by atoms with Crippen molar-refractivity contribution >= 4 is 29.9 Å². The van der Waals surface area contributed by atoms with Crippen LogP contribution in [0.3, 0.4) is 0 Å². The van der Waals surface area contributed by atoms with Crippen molar-refractivity contribution in [3.8, 4) is 0 Å². The molecule has 2 rings (SSSR count). The van der Waals surface area contributed by atoms with E-state index in [9.17, 15) is 0 Å². The SMILES string of the molecule is CCNC(=NCC(C)(C)N1CCOCC1)NCC1(CC)CCC1.I. The lowest BCUT2D eigenvalue weighted by Gasteiger charge is -2.42. The highest BCUT2D eigenvalue weighted by Gasteiger charge is 2.35. The van der Waals surface area contributed by atoms with Gasteiger partial charge in [-0.05, 0) is 45.4 Å². The van der Waals surface area contributed by atoms with E-state index in [-0.39, 0.29) is 29.5 Å². The minimum Gasteiger partial charge on any atom is -0.379 e. The molecule has 0 atom stereocenters. The molecule has 6 heteroatoms. The molecule has 1 heterocycles. The number of nitrogens with zero attached hydrogens (tertiary/aromatic N) is 2. The van der Waals surface area contributed by atoms with Crippen LogP contribution in [0.25, 0.3) is 0 Å². The van der Waals surface area contributed by atoms with E-state index in [0.29, 0.717) is 5.41 Å². The summed E-state index contributed by atoms with van der Waals surface area (Å²) in [4.78, 5) is 7.36. The third-order valence-corrected chi connectivity index (χ3v) is 5.63. The molecular formula is C18H37IN4O. The Balaban J connectivity index is 0.00000288. The van der Waals surface area contributed by atoms with Crippen LogP contribution >= 0.6 is 24.0 Å². The summed E-state index contributed by atoms with van der Waals surface area (Å²) in [7, 11) is 0. The van der Waals surface area contributed by atoms with Crippen molar-refractivity contribution in [2.45, 2.75) is 58.9 Å². The summed E-state index contributed by atoms with van der Waals surface area (Å²) in [6, 6.07) is 0. The second-order valence-electron chi connectivity index (χ2n) is 7.67. The van der Waals surface area contributed by atoms with E-state index < -0.39 is 0 Å². The molecule has 0 spiro atoms. The van der Waals surface area contributed by atoms with Crippen molar-refractivity contribution in [2.75, 3.05) is 45.9 Å². The monoisotopic (exact) mass is 452 g/mol. The van der Waals surface area contributed by atoms with E-state index in [0.717, 1.165) is 51.9 Å². The normalized spacial score (nSPS) is 21.6. The molecule has 24 heavy (non-hydrogen) atoms. The second kappa shape index (κ2) is 10.2. The van der Waals surface area contributed by atoms with Gasteiger partial charge in [0.15, 0.2) is 5.96 Å². The molecule has 2 fully saturated rings. The number of aliphatic imine (C=N–C) groups is 1. The maximum atomic E-state index is 5.46. The Morgan fingerprint density at radius 2 is 1.83 bits per heavy atom. The van der Waals surface area contributed by atoms with Crippen LogP contribution in [0.4, 0.5) is 0 Å². The number of ether oxygens (including phenoxy) is 1. The summed E-state index contributed by atoms with van der Waals surface area (Å²) in [5.74, 6) is 0.966. The number of halogens is 1. The van der Waals surface area contributed by atoms with E-state index in [1.165, 1.54) is 25.7 Å². The number of hydrogen-bond acceptors (Lipinski definition) is 3. The minimum atomic E-state index is 0. The average molecular weight is 452 g/mol. The first-order chi connectivity index (χ1) is 11.0. The van der Waals surface area contributed by atoms with Crippen LogP contribution in [0.2, 0.25) is 0 Å². The molecule has 1 aliphatic carbocycles. The Bertz CT molecular complexity index is 385. The fourth-order valence-electron chi connectivity index (χ4n) is 3.49. The van der Waals surface area contributed by atoms with Gasteiger partial charge < -0.3 is 15.4 Å². The number of rotatable bonds is 7. The molecule has 0 unspecified atom stereocenters. The van der Waals surface area contributed by atoms with Crippen molar-refractivity contribution in [1.82, 2.24) is 15.5 Å². The molecule has 0 bridgehead atoms. The fourth-order valence-corrected chi connectivity index (χ4v) is 3.49. The zero-order chi connectivity index (χ0) is 16.8. The summed E-state index contributed by atoms with van der Waals surface area (Å²) >= 11 is 0. The van der Waals surface area contributed by atoms with Gasteiger partial charge in [-0.25, -0.2) is 0 Å². The Hall–Kier alpha value is -0.0800. The summed E-state index contributed by atoms with van der Waals surface area (Å²) < 4.78 is 5.46. The Kier molecular flexibility index (Phi) is 9.30. The van der Waals surface area contributed by atoms with Crippen LogP contribution in [-0.4, -0.2) is 62.3 Å². The summed E-state index contributed by atoms with van der Waals surface area (Å²) in [5.41, 5.74) is 0.584. The third-order valence-electron chi connectivity index (χ3n) is 5.63. The van der Waals surface area contributed by atoms with Crippen LogP contribution < -0.4 is 10.6 Å². The first kappa shape index (κ1) is 22.0. The van der Waals surface area contributed by atoms with Gasteiger partial charge in [0.2, 0.25) is 0 Å². The molecule has 142 valence electrons. The van der Waals surface area contributed by atoms with Crippen LogP contribution in [0.1, 0.15) is 53.4 Å². The second-order valence-corrected chi connectivity index (χ2v) is 7.67. The van der Waals surface area contributed by atoms with Gasteiger partial charge >= 0.3 is 0 Å². The van der Waals surface area contributed by atoms with Gasteiger partial charge in [-0.2, -0.15) is 0 Å². The van der Waals surface area contributed by atoms with Crippen molar-refractivity contribution < 1.29 is 4.74 Å². The van der Waals surface area contributed by atoms with Gasteiger partial charge in [-0.1, -0.05) is 13.3 Å². The average Bonchev–Trinajstić information content (AvgIpc) is 2.53. The van der Waals surface area contributed by atoms with Crippen molar-refractivity contribution in [3.63, 3.8) is 0 Å². The molecule has 1 aliphatic heterocycles. The quantitative estimate of drug-likeness (QED) is 0.355. The van der Waals surface area contributed by atoms with Crippen LogP contribution in [-0.2, 0) is 4.74 Å². The molecule has 5 nitrogen and oxygen atoms in total. The van der Waals surface area contributed by atoms with Crippen molar-refractivity contribution in [1.29, 1.82) is 0 Å². The highest BCUT2D eigenvalue weighted by molar-refractivity contribution is 14.0. The molecule has 0 amide bonds. The zero-order valence-corrected chi connectivity index (χ0v) is 18.3. The lowest BCUT2D eigenvalue weighted by Crippen LogP contribution is -2.52. The highest BCUT2D eigenvalue weighted by atomic mass is 127. The van der Waals surface area contributed by atoms with E-state index in [1.807, 2.05) is 0 Å². The van der Waals surface area contributed by atoms with E-state index in [2.05, 4.69) is 43.2 Å². The van der Waals surface area contributed by atoms with Gasteiger partial charge in [-0.15, -0.1) is 24.0 Å². The third kappa shape index (κ3) is 6.02. The smallest absolute Gasteiger partial charge is 0.191 e. The molecule has 0 aromatic rings. The zero-order valence-electron chi connectivity index (χ0n) is 16.0. The lowest BCUT2D eigenvalue weighted by molar-refractivity contribution is -0.00684. The maximum Gasteiger partial charge on any atom is 0.191 e. The van der Waals surface area contributed by atoms with Crippen molar-refractivity contribution in [3.05, 3.63) is 0 Å². The standard InChI is InChI=1S/C18H36N4O.HI/c1-5-18(8-7-9-18)15-21-16(19-6-2)20-14-17(3,4)22-10-12-23-13-11-22;/h5-15H2,1-4H3,(H2,19,20,21);1H. The Morgan fingerprint density at radius 1 is 1.17 bits per heavy atom. The first-order valence-electron chi connectivity index (χ1n) is 9.36. The lowest BCUT2D eigenvalue weighted by atomic mass is 9.67. The number of guanidine groups is 1. The topological polar surface area (TPSA) is 48.9 Å². The highest BCUT2D eigenvalue weighted by Crippen LogP contribution is 2.42. The first-order valence-corrected chi connectivity index (χ1v) is 9.36. The van der Waals surface area contributed by atoms with Gasteiger partial charge in [0.05, 0.1) is 19.8 Å². The van der Waals surface area contributed by atoms with Gasteiger partial charge in [0.25, 0.3) is 0 Å². The summed E-state index contributed by atoms with van der Waals surface area (Å²) in [5, 5.41) is 6.98. The van der Waals surface area contributed by atoms with Crippen LogP contribution in [0.5, 0.6) is 0 Å². The molecule has 0 radical (unpaired) electrons. The fraction of sp³-hybridized carbons (Fsp3) is 0.944. The summed E-state index contributed by atoms with van der Waals surface area (Å²) in [6.45, 7) is 15.5. The molecule has 2 N–H and O–H groups in total. The van der Waals surface area contributed by atoms with Gasteiger partial charge in [-0.3, -0.25) is 9.89 Å². The van der Waals surface area contributed by atoms with Crippen LogP contribution in [0.15, 0.2) is 4.99 Å².